The van der Waals surface area contributed by atoms with Crippen LogP contribution in [0.2, 0.25) is 0 Å². The number of benzene rings is 1. The van der Waals surface area contributed by atoms with E-state index in [0.717, 1.165) is 31.3 Å². The average molecular weight is 449 g/mol. The summed E-state index contributed by atoms with van der Waals surface area (Å²) in [4.78, 5) is 4.17. The van der Waals surface area contributed by atoms with E-state index >= 15 is 0 Å². The molecule has 6 heteroatoms. The molecule has 24 heavy (non-hydrogen) atoms. The Morgan fingerprint density at radius 3 is 2.21 bits per heavy atom. The van der Waals surface area contributed by atoms with Gasteiger partial charge >= 0.3 is 0 Å². The summed E-state index contributed by atoms with van der Waals surface area (Å²) in [7, 11) is 3.47. The van der Waals surface area contributed by atoms with E-state index < -0.39 is 0 Å². The fourth-order valence-electron chi connectivity index (χ4n) is 2.03. The zero-order chi connectivity index (χ0) is 17.1. The van der Waals surface area contributed by atoms with Crippen molar-refractivity contribution >= 4 is 29.9 Å². The predicted molar refractivity (Wildman–Crippen MR) is 112 cm³/mol. The van der Waals surface area contributed by atoms with Crippen LogP contribution in [0.1, 0.15) is 32.8 Å². The van der Waals surface area contributed by atoms with Gasteiger partial charge in [0, 0.05) is 27.3 Å². The smallest absolute Gasteiger partial charge is 0.191 e. The number of nitrogens with zero attached hydrogens (tertiary/aromatic N) is 1. The molecule has 0 saturated heterocycles. The Kier molecular flexibility index (Phi) is 11.8. The van der Waals surface area contributed by atoms with Crippen molar-refractivity contribution in [2.75, 3.05) is 40.5 Å². The first-order valence-electron chi connectivity index (χ1n) is 8.14. The fraction of sp³-hybridized carbons (Fsp3) is 0.611. The van der Waals surface area contributed by atoms with E-state index in [9.17, 15) is 0 Å². The van der Waals surface area contributed by atoms with Crippen molar-refractivity contribution in [3.05, 3.63) is 29.8 Å². The molecule has 0 aliphatic heterocycles. The van der Waals surface area contributed by atoms with Crippen LogP contribution in [0.5, 0.6) is 5.75 Å². The number of nitrogens with one attached hydrogen (secondary N) is 2. The Hall–Kier alpha value is -1.02. The highest BCUT2D eigenvalue weighted by Gasteiger charge is 2.12. The maximum atomic E-state index is 5.75. The molecule has 0 atom stereocenters. The molecule has 0 radical (unpaired) electrons. The van der Waals surface area contributed by atoms with Gasteiger partial charge in [-0.2, -0.15) is 0 Å². The SMILES string of the molecule is CN=C(NCCCOC)NCCOc1ccc(C(C)(C)C)cc1.I. The highest BCUT2D eigenvalue weighted by Crippen LogP contribution is 2.24. The van der Waals surface area contributed by atoms with Gasteiger partial charge in [0.25, 0.3) is 0 Å². The topological polar surface area (TPSA) is 54.9 Å². The van der Waals surface area contributed by atoms with Crippen LogP contribution < -0.4 is 15.4 Å². The van der Waals surface area contributed by atoms with Crippen molar-refractivity contribution in [2.45, 2.75) is 32.6 Å². The molecular weight excluding hydrogens is 417 g/mol. The summed E-state index contributed by atoms with van der Waals surface area (Å²) < 4.78 is 10.8. The van der Waals surface area contributed by atoms with Gasteiger partial charge < -0.3 is 20.1 Å². The molecule has 0 aliphatic carbocycles. The standard InChI is InChI=1S/C18H31N3O2.HI/c1-18(2,3)15-7-9-16(10-8-15)23-14-12-21-17(19-4)20-11-6-13-22-5;/h7-10H,6,11-14H2,1-5H3,(H2,19,20,21);1H. The van der Waals surface area contributed by atoms with Crippen molar-refractivity contribution in [2.24, 2.45) is 4.99 Å². The summed E-state index contributed by atoms with van der Waals surface area (Å²) in [6.45, 7) is 9.49. The van der Waals surface area contributed by atoms with Gasteiger partial charge in [0.2, 0.25) is 0 Å². The molecule has 1 aromatic rings. The molecule has 0 fully saturated rings. The highest BCUT2D eigenvalue weighted by atomic mass is 127. The van der Waals surface area contributed by atoms with Crippen LogP contribution in [0.3, 0.4) is 0 Å². The number of ether oxygens (including phenoxy) is 2. The lowest BCUT2D eigenvalue weighted by Gasteiger charge is -2.19. The first-order valence-corrected chi connectivity index (χ1v) is 8.14. The van der Waals surface area contributed by atoms with Gasteiger partial charge in [-0.25, -0.2) is 0 Å². The van der Waals surface area contributed by atoms with Gasteiger partial charge in [0.15, 0.2) is 5.96 Å². The van der Waals surface area contributed by atoms with Crippen molar-refractivity contribution in [1.29, 1.82) is 0 Å². The lowest BCUT2D eigenvalue weighted by atomic mass is 9.87. The van der Waals surface area contributed by atoms with Gasteiger partial charge in [0.05, 0.1) is 6.54 Å². The van der Waals surface area contributed by atoms with E-state index in [4.69, 9.17) is 9.47 Å². The summed E-state index contributed by atoms with van der Waals surface area (Å²) in [6.07, 6.45) is 0.952. The van der Waals surface area contributed by atoms with Gasteiger partial charge in [-0.05, 0) is 29.5 Å². The quantitative estimate of drug-likeness (QED) is 0.277. The third-order valence-corrected chi connectivity index (χ3v) is 3.42. The van der Waals surface area contributed by atoms with Gasteiger partial charge in [-0.1, -0.05) is 32.9 Å². The lowest BCUT2D eigenvalue weighted by Crippen LogP contribution is -2.39. The number of hydrogen-bond donors (Lipinski definition) is 2. The summed E-state index contributed by atoms with van der Waals surface area (Å²) in [5.74, 6) is 1.68. The number of halogens is 1. The summed E-state index contributed by atoms with van der Waals surface area (Å²) in [6, 6.07) is 8.30. The Balaban J connectivity index is 0.00000529. The van der Waals surface area contributed by atoms with E-state index in [0.29, 0.717) is 13.2 Å². The summed E-state index contributed by atoms with van der Waals surface area (Å²) in [5, 5.41) is 6.46. The van der Waals surface area contributed by atoms with Crippen LogP contribution in [0.15, 0.2) is 29.3 Å². The molecule has 0 spiro atoms. The number of aliphatic imine (C=N–C) groups is 1. The van der Waals surface area contributed by atoms with E-state index in [2.05, 4.69) is 48.5 Å². The molecule has 0 amide bonds. The minimum Gasteiger partial charge on any atom is -0.492 e. The van der Waals surface area contributed by atoms with Gasteiger partial charge in [0.1, 0.15) is 12.4 Å². The van der Waals surface area contributed by atoms with Crippen molar-refractivity contribution in [1.82, 2.24) is 10.6 Å². The Labute approximate surface area is 163 Å². The molecule has 0 saturated carbocycles. The minimum atomic E-state index is 0. The summed E-state index contributed by atoms with van der Waals surface area (Å²) >= 11 is 0. The van der Waals surface area contributed by atoms with E-state index in [1.807, 2.05) is 12.1 Å². The molecule has 5 nitrogen and oxygen atoms in total. The molecule has 1 aromatic carbocycles. The van der Waals surface area contributed by atoms with Crippen LogP contribution in [0, 0.1) is 0 Å². The maximum absolute atomic E-state index is 5.75. The van der Waals surface area contributed by atoms with Crippen LogP contribution in [0.4, 0.5) is 0 Å². The van der Waals surface area contributed by atoms with Crippen LogP contribution in [-0.2, 0) is 10.2 Å². The number of hydrogen-bond acceptors (Lipinski definition) is 3. The van der Waals surface area contributed by atoms with Gasteiger partial charge in [-0.15, -0.1) is 24.0 Å². The van der Waals surface area contributed by atoms with Crippen molar-refractivity contribution in [3.63, 3.8) is 0 Å². The normalized spacial score (nSPS) is 11.6. The molecule has 138 valence electrons. The first kappa shape index (κ1) is 23.0. The third-order valence-electron chi connectivity index (χ3n) is 3.42. The van der Waals surface area contributed by atoms with E-state index in [1.54, 1.807) is 14.2 Å². The predicted octanol–water partition coefficient (Wildman–Crippen LogP) is 3.18. The number of rotatable bonds is 8. The maximum Gasteiger partial charge on any atom is 0.191 e. The molecule has 0 heterocycles. The van der Waals surface area contributed by atoms with Crippen LogP contribution >= 0.6 is 24.0 Å². The highest BCUT2D eigenvalue weighted by molar-refractivity contribution is 14.0. The minimum absolute atomic E-state index is 0. The lowest BCUT2D eigenvalue weighted by molar-refractivity contribution is 0.195. The first-order chi connectivity index (χ1) is 11.0. The zero-order valence-electron chi connectivity index (χ0n) is 15.5. The molecule has 2 N–H and O–H groups in total. The Morgan fingerprint density at radius 1 is 1.04 bits per heavy atom. The molecular formula is C18H32IN3O2. The molecule has 0 aliphatic rings. The van der Waals surface area contributed by atoms with E-state index in [1.165, 1.54) is 5.56 Å². The third kappa shape index (κ3) is 9.32. The monoisotopic (exact) mass is 449 g/mol. The Morgan fingerprint density at radius 2 is 1.67 bits per heavy atom. The van der Waals surface area contributed by atoms with Gasteiger partial charge in [-0.3, -0.25) is 4.99 Å². The number of methoxy groups -OCH3 is 1. The van der Waals surface area contributed by atoms with Crippen molar-refractivity contribution in [3.8, 4) is 5.75 Å². The molecule has 1 rings (SSSR count). The second kappa shape index (κ2) is 12.4. The number of guanidine groups is 1. The molecule has 0 aromatic heterocycles. The fourth-order valence-corrected chi connectivity index (χ4v) is 2.03. The van der Waals surface area contributed by atoms with Crippen LogP contribution in [-0.4, -0.2) is 46.4 Å². The molecule has 0 unspecified atom stereocenters. The van der Waals surface area contributed by atoms with Crippen molar-refractivity contribution < 1.29 is 9.47 Å². The van der Waals surface area contributed by atoms with E-state index in [-0.39, 0.29) is 29.4 Å². The van der Waals surface area contributed by atoms with Crippen LogP contribution in [0.25, 0.3) is 0 Å². The average Bonchev–Trinajstić information content (AvgIpc) is 2.53. The molecule has 0 bridgehead atoms. The second-order valence-corrected chi connectivity index (χ2v) is 6.39. The zero-order valence-corrected chi connectivity index (χ0v) is 17.8. The second-order valence-electron chi connectivity index (χ2n) is 6.39. The summed E-state index contributed by atoms with van der Waals surface area (Å²) in [5.41, 5.74) is 1.48. The Bertz CT molecular complexity index is 470. The largest absolute Gasteiger partial charge is 0.492 e.